The molecule has 21 heavy (non-hydrogen) atoms. The van der Waals surface area contributed by atoms with Gasteiger partial charge in [-0.2, -0.15) is 0 Å². The molecule has 110 valence electrons. The summed E-state index contributed by atoms with van der Waals surface area (Å²) < 4.78 is 7.54. The molecule has 2 aliphatic rings. The second kappa shape index (κ2) is 5.57. The van der Waals surface area contributed by atoms with Crippen molar-refractivity contribution in [3.05, 3.63) is 43.7 Å². The van der Waals surface area contributed by atoms with Gasteiger partial charge in [-0.1, -0.05) is 31.9 Å². The summed E-state index contributed by atoms with van der Waals surface area (Å²) in [5, 5.41) is 0. The van der Waals surface area contributed by atoms with Gasteiger partial charge in [-0.15, -0.1) is 0 Å². The first kappa shape index (κ1) is 14.8. The minimum atomic E-state index is -0.0328. The molecule has 1 aromatic carbocycles. The van der Waals surface area contributed by atoms with Gasteiger partial charge in [-0.05, 0) is 31.5 Å². The second-order valence-corrected chi connectivity index (χ2v) is 6.90. The van der Waals surface area contributed by atoms with Crippen molar-refractivity contribution in [2.45, 2.75) is 20.0 Å². The zero-order valence-electron chi connectivity index (χ0n) is 11.7. The zero-order valence-corrected chi connectivity index (χ0v) is 14.9. The summed E-state index contributed by atoms with van der Waals surface area (Å²) in [5.74, 6) is 0.692. The third-order valence-corrected chi connectivity index (χ3v) is 5.25. The van der Waals surface area contributed by atoms with Gasteiger partial charge in [0.25, 0.3) is 5.91 Å². The number of benzene rings is 1. The molecule has 4 nitrogen and oxygen atoms in total. The zero-order chi connectivity index (χ0) is 15.1. The van der Waals surface area contributed by atoms with Crippen LogP contribution in [0.3, 0.4) is 0 Å². The van der Waals surface area contributed by atoms with E-state index in [9.17, 15) is 4.79 Å². The summed E-state index contributed by atoms with van der Waals surface area (Å²) in [4.78, 5) is 18.8. The fourth-order valence-corrected chi connectivity index (χ4v) is 3.62. The molecule has 0 aliphatic carbocycles. The lowest BCUT2D eigenvalue weighted by molar-refractivity contribution is 0.0532. The molecule has 0 bridgehead atoms. The molecule has 0 unspecified atom stereocenters. The number of hydrogen-bond acceptors (Lipinski definition) is 3. The van der Waals surface area contributed by atoms with E-state index in [-0.39, 0.29) is 12.0 Å². The first-order valence-electron chi connectivity index (χ1n) is 6.64. The predicted molar refractivity (Wildman–Crippen MR) is 88.5 cm³/mol. The Morgan fingerprint density at radius 3 is 2.71 bits per heavy atom. The standard InChI is InChI=1S/C15H14Br2N2O2/c1-8-7-19(13-5-18-6-14(13)21-8)15(20)10-3-11(16)9(2)12(17)4-10/h3-4,6,8H,5,7H2,1-2H3/t8-/m1/s1. The van der Waals surface area contributed by atoms with Crippen molar-refractivity contribution < 1.29 is 9.53 Å². The highest BCUT2D eigenvalue weighted by Crippen LogP contribution is 2.30. The molecule has 0 aromatic heterocycles. The van der Waals surface area contributed by atoms with Crippen LogP contribution in [0.4, 0.5) is 0 Å². The highest BCUT2D eigenvalue weighted by molar-refractivity contribution is 9.11. The fourth-order valence-electron chi connectivity index (χ4n) is 2.44. The Balaban J connectivity index is 1.97. The van der Waals surface area contributed by atoms with Crippen molar-refractivity contribution in [2.24, 2.45) is 4.99 Å². The van der Waals surface area contributed by atoms with Gasteiger partial charge in [0, 0.05) is 14.5 Å². The molecular weight excluding hydrogens is 400 g/mol. The average molecular weight is 414 g/mol. The van der Waals surface area contributed by atoms with E-state index in [1.54, 1.807) is 11.1 Å². The summed E-state index contributed by atoms with van der Waals surface area (Å²) in [6, 6.07) is 3.72. The number of aliphatic imine (C=N–C) groups is 1. The molecule has 3 rings (SSSR count). The van der Waals surface area contributed by atoms with E-state index < -0.39 is 0 Å². The first-order valence-corrected chi connectivity index (χ1v) is 8.23. The van der Waals surface area contributed by atoms with Gasteiger partial charge >= 0.3 is 0 Å². The quantitative estimate of drug-likeness (QED) is 0.704. The smallest absolute Gasteiger partial charge is 0.258 e. The summed E-state index contributed by atoms with van der Waals surface area (Å²) in [5.41, 5.74) is 2.57. The molecule has 0 N–H and O–H groups in total. The van der Waals surface area contributed by atoms with Crippen molar-refractivity contribution in [1.82, 2.24) is 4.90 Å². The van der Waals surface area contributed by atoms with E-state index in [2.05, 4.69) is 36.9 Å². The van der Waals surface area contributed by atoms with Crippen molar-refractivity contribution in [3.8, 4) is 0 Å². The number of amides is 1. The van der Waals surface area contributed by atoms with E-state index in [4.69, 9.17) is 4.74 Å². The summed E-state index contributed by atoms with van der Waals surface area (Å²) in [7, 11) is 0. The van der Waals surface area contributed by atoms with Gasteiger partial charge in [-0.25, -0.2) is 0 Å². The molecule has 0 radical (unpaired) electrons. The van der Waals surface area contributed by atoms with Crippen molar-refractivity contribution in [3.63, 3.8) is 0 Å². The van der Waals surface area contributed by atoms with E-state index in [0.717, 1.165) is 20.2 Å². The van der Waals surface area contributed by atoms with Crippen molar-refractivity contribution in [2.75, 3.05) is 13.1 Å². The van der Waals surface area contributed by atoms with E-state index in [0.29, 0.717) is 24.4 Å². The Labute approximate surface area is 140 Å². The van der Waals surface area contributed by atoms with Gasteiger partial charge in [0.15, 0.2) is 5.76 Å². The number of allylic oxidation sites excluding steroid dienone is 1. The molecule has 1 aromatic rings. The monoisotopic (exact) mass is 412 g/mol. The lowest BCUT2D eigenvalue weighted by Gasteiger charge is -2.32. The lowest BCUT2D eigenvalue weighted by Crippen LogP contribution is -2.41. The minimum absolute atomic E-state index is 0.0236. The van der Waals surface area contributed by atoms with Crippen LogP contribution in [0.15, 0.2) is 37.5 Å². The van der Waals surface area contributed by atoms with Crippen LogP contribution in [0.1, 0.15) is 22.8 Å². The van der Waals surface area contributed by atoms with Gasteiger partial charge in [0.1, 0.15) is 6.10 Å². The third-order valence-electron chi connectivity index (χ3n) is 3.60. The van der Waals surface area contributed by atoms with E-state index in [1.807, 2.05) is 26.0 Å². The molecule has 1 atom stereocenters. The Kier molecular flexibility index (Phi) is 3.92. The number of carbonyl (C=O) groups excluding carboxylic acids is 1. The van der Waals surface area contributed by atoms with Gasteiger partial charge in [0.2, 0.25) is 0 Å². The van der Waals surface area contributed by atoms with Gasteiger partial charge < -0.3 is 9.64 Å². The molecular formula is C15H14Br2N2O2. The molecule has 6 heteroatoms. The number of rotatable bonds is 1. The highest BCUT2D eigenvalue weighted by Gasteiger charge is 2.32. The lowest BCUT2D eigenvalue weighted by atomic mass is 10.1. The highest BCUT2D eigenvalue weighted by atomic mass is 79.9. The summed E-state index contributed by atoms with van der Waals surface area (Å²) in [6.45, 7) is 4.99. The number of carbonyl (C=O) groups is 1. The molecule has 0 saturated heterocycles. The van der Waals surface area contributed by atoms with Crippen LogP contribution in [0, 0.1) is 6.92 Å². The van der Waals surface area contributed by atoms with Crippen molar-refractivity contribution >= 4 is 44.0 Å². The van der Waals surface area contributed by atoms with Crippen LogP contribution in [-0.2, 0) is 4.74 Å². The van der Waals surface area contributed by atoms with Crippen LogP contribution in [0.5, 0.6) is 0 Å². The Hall–Kier alpha value is -1.14. The number of ether oxygens (including phenoxy) is 1. The Morgan fingerprint density at radius 2 is 2.05 bits per heavy atom. The topological polar surface area (TPSA) is 41.9 Å². The van der Waals surface area contributed by atoms with Crippen LogP contribution < -0.4 is 0 Å². The normalized spacial score (nSPS) is 20.6. The second-order valence-electron chi connectivity index (χ2n) is 5.19. The van der Waals surface area contributed by atoms with Crippen LogP contribution in [-0.4, -0.2) is 36.2 Å². The van der Waals surface area contributed by atoms with Crippen molar-refractivity contribution in [1.29, 1.82) is 0 Å². The molecule has 0 spiro atoms. The predicted octanol–water partition coefficient (Wildman–Crippen LogP) is 3.68. The van der Waals surface area contributed by atoms with E-state index in [1.165, 1.54) is 0 Å². The van der Waals surface area contributed by atoms with Crippen LogP contribution in [0.25, 0.3) is 0 Å². The Bertz CT molecular complexity index is 659. The summed E-state index contributed by atoms with van der Waals surface area (Å²) >= 11 is 6.99. The number of halogens is 2. The van der Waals surface area contributed by atoms with Crippen LogP contribution >= 0.6 is 31.9 Å². The maximum Gasteiger partial charge on any atom is 0.258 e. The number of hydrogen-bond donors (Lipinski definition) is 0. The van der Waals surface area contributed by atoms with E-state index >= 15 is 0 Å². The minimum Gasteiger partial charge on any atom is -0.485 e. The third kappa shape index (κ3) is 2.66. The van der Waals surface area contributed by atoms with Gasteiger partial charge in [0.05, 0.1) is 25.0 Å². The molecule has 0 fully saturated rings. The number of nitrogens with zero attached hydrogens (tertiary/aromatic N) is 2. The molecule has 2 aliphatic heterocycles. The average Bonchev–Trinajstić information content (AvgIpc) is 2.90. The largest absolute Gasteiger partial charge is 0.485 e. The first-order chi connectivity index (χ1) is 9.97. The molecule has 1 amide bonds. The van der Waals surface area contributed by atoms with Gasteiger partial charge in [-0.3, -0.25) is 9.79 Å². The molecule has 2 heterocycles. The SMILES string of the molecule is Cc1c(Br)cc(C(=O)N2C[C@@H](C)OC3=C2CN=C3)cc1Br. The maximum atomic E-state index is 12.8. The summed E-state index contributed by atoms with van der Waals surface area (Å²) in [6.07, 6.45) is 1.67. The Morgan fingerprint density at radius 1 is 1.38 bits per heavy atom. The van der Waals surface area contributed by atoms with Crippen LogP contribution in [0.2, 0.25) is 0 Å². The molecule has 0 saturated carbocycles. The maximum absolute atomic E-state index is 12.8. The fraction of sp³-hybridized carbons (Fsp3) is 0.333.